The normalized spacial score (nSPS) is 10.1. The number of anilines is 1. The zero-order valence-corrected chi connectivity index (χ0v) is 12.0. The molecule has 0 aliphatic heterocycles. The smallest absolute Gasteiger partial charge is 0.292 e. The van der Waals surface area contributed by atoms with E-state index in [1.54, 1.807) is 6.07 Å². The molecule has 1 amide bonds. The number of carbonyl (C=O) groups excluding carboxylic acids is 2. The summed E-state index contributed by atoms with van der Waals surface area (Å²) in [7, 11) is 0. The molecule has 2 aromatic carbocycles. The molecular weight excluding hydrogens is 303 g/mol. The highest BCUT2D eigenvalue weighted by Crippen LogP contribution is 2.23. The van der Waals surface area contributed by atoms with Gasteiger partial charge in [0.25, 0.3) is 5.69 Å². The Hall–Kier alpha value is -3.09. The SMILES string of the molecule is O=C(CCC(=O)c1ccc(F)cc1)Nc1ccccc1[N+](=O)[O-]. The van der Waals surface area contributed by atoms with Crippen molar-refractivity contribution >= 4 is 23.1 Å². The van der Waals surface area contributed by atoms with Crippen molar-refractivity contribution in [3.05, 3.63) is 70.0 Å². The largest absolute Gasteiger partial charge is 0.320 e. The Bertz CT molecular complexity index is 744. The molecule has 6 nitrogen and oxygen atoms in total. The lowest BCUT2D eigenvalue weighted by Gasteiger charge is -2.05. The van der Waals surface area contributed by atoms with Crippen molar-refractivity contribution in [2.24, 2.45) is 0 Å². The summed E-state index contributed by atoms with van der Waals surface area (Å²) < 4.78 is 12.8. The third-order valence-electron chi connectivity index (χ3n) is 3.12. The number of halogens is 1. The van der Waals surface area contributed by atoms with Gasteiger partial charge in [-0.25, -0.2) is 4.39 Å². The van der Waals surface area contributed by atoms with Crippen LogP contribution < -0.4 is 5.32 Å². The molecule has 0 heterocycles. The Balaban J connectivity index is 1.94. The fourth-order valence-corrected chi connectivity index (χ4v) is 1.96. The van der Waals surface area contributed by atoms with E-state index in [1.807, 2.05) is 0 Å². The monoisotopic (exact) mass is 316 g/mol. The maximum atomic E-state index is 12.8. The molecule has 2 aromatic rings. The van der Waals surface area contributed by atoms with Crippen LogP contribution in [0.1, 0.15) is 23.2 Å². The van der Waals surface area contributed by atoms with E-state index in [1.165, 1.54) is 42.5 Å². The number of hydrogen-bond donors (Lipinski definition) is 1. The van der Waals surface area contributed by atoms with Crippen molar-refractivity contribution in [2.45, 2.75) is 12.8 Å². The molecule has 23 heavy (non-hydrogen) atoms. The number of ketones is 1. The van der Waals surface area contributed by atoms with Gasteiger partial charge in [0.2, 0.25) is 5.91 Å². The predicted molar refractivity (Wildman–Crippen MR) is 81.7 cm³/mol. The zero-order chi connectivity index (χ0) is 16.8. The number of nitrogens with zero attached hydrogens (tertiary/aromatic N) is 1. The maximum Gasteiger partial charge on any atom is 0.292 e. The minimum Gasteiger partial charge on any atom is -0.320 e. The summed E-state index contributed by atoms with van der Waals surface area (Å²) in [4.78, 5) is 34.0. The number of carbonyl (C=O) groups is 2. The van der Waals surface area contributed by atoms with E-state index in [2.05, 4.69) is 5.32 Å². The Morgan fingerprint density at radius 1 is 1.04 bits per heavy atom. The van der Waals surface area contributed by atoms with E-state index in [-0.39, 0.29) is 30.0 Å². The van der Waals surface area contributed by atoms with Gasteiger partial charge in [-0.2, -0.15) is 0 Å². The topological polar surface area (TPSA) is 89.3 Å². The van der Waals surface area contributed by atoms with Crippen LogP contribution in [-0.4, -0.2) is 16.6 Å². The van der Waals surface area contributed by atoms with Crippen molar-refractivity contribution in [1.82, 2.24) is 0 Å². The first-order valence-electron chi connectivity index (χ1n) is 6.79. The quantitative estimate of drug-likeness (QED) is 0.503. The molecule has 2 rings (SSSR count). The number of para-hydroxylation sites is 2. The highest BCUT2D eigenvalue weighted by molar-refractivity contribution is 6.00. The number of hydrogen-bond acceptors (Lipinski definition) is 4. The summed E-state index contributed by atoms with van der Waals surface area (Å²) in [5.41, 5.74) is 0.173. The van der Waals surface area contributed by atoms with Gasteiger partial charge in [0.05, 0.1) is 4.92 Å². The summed E-state index contributed by atoms with van der Waals surface area (Å²) in [6.45, 7) is 0. The first-order chi connectivity index (χ1) is 11.0. The lowest BCUT2D eigenvalue weighted by molar-refractivity contribution is -0.383. The molecule has 0 aliphatic carbocycles. The second-order valence-corrected chi connectivity index (χ2v) is 4.75. The number of nitro groups is 1. The van der Waals surface area contributed by atoms with Crippen LogP contribution in [0, 0.1) is 15.9 Å². The molecule has 1 N–H and O–H groups in total. The summed E-state index contributed by atoms with van der Waals surface area (Å²) in [6.07, 6.45) is -0.194. The Kier molecular flexibility index (Phi) is 5.14. The highest BCUT2D eigenvalue weighted by Gasteiger charge is 2.15. The maximum absolute atomic E-state index is 12.8. The number of rotatable bonds is 6. The van der Waals surface area contributed by atoms with Gasteiger partial charge in [-0.1, -0.05) is 12.1 Å². The van der Waals surface area contributed by atoms with Crippen LogP contribution in [-0.2, 0) is 4.79 Å². The highest BCUT2D eigenvalue weighted by atomic mass is 19.1. The van der Waals surface area contributed by atoms with E-state index >= 15 is 0 Å². The first kappa shape index (κ1) is 16.3. The summed E-state index contributed by atoms with van der Waals surface area (Å²) >= 11 is 0. The van der Waals surface area contributed by atoms with Crippen LogP contribution in [0.4, 0.5) is 15.8 Å². The van der Waals surface area contributed by atoms with Gasteiger partial charge >= 0.3 is 0 Å². The van der Waals surface area contributed by atoms with Gasteiger partial charge in [0, 0.05) is 24.5 Å². The molecule has 0 radical (unpaired) electrons. The predicted octanol–water partition coefficient (Wildman–Crippen LogP) is 3.34. The third-order valence-corrected chi connectivity index (χ3v) is 3.12. The number of Topliss-reactive ketones (excluding diaryl/α,β-unsaturated/α-hetero) is 1. The van der Waals surface area contributed by atoms with Gasteiger partial charge in [-0.05, 0) is 30.3 Å². The summed E-state index contributed by atoms with van der Waals surface area (Å²) in [5, 5.41) is 13.3. The van der Waals surface area contributed by atoms with Gasteiger partial charge in [0.15, 0.2) is 5.78 Å². The fraction of sp³-hybridized carbons (Fsp3) is 0.125. The van der Waals surface area contributed by atoms with Crippen LogP contribution in [0.3, 0.4) is 0 Å². The molecule has 0 saturated carbocycles. The molecule has 118 valence electrons. The van der Waals surface area contributed by atoms with Crippen LogP contribution in [0.5, 0.6) is 0 Å². The third kappa shape index (κ3) is 4.44. The fourth-order valence-electron chi connectivity index (χ4n) is 1.96. The molecule has 0 spiro atoms. The zero-order valence-electron chi connectivity index (χ0n) is 12.0. The number of amides is 1. The van der Waals surface area contributed by atoms with E-state index in [0.717, 1.165) is 0 Å². The van der Waals surface area contributed by atoms with Crippen LogP contribution in [0.15, 0.2) is 48.5 Å². The minimum atomic E-state index is -0.598. The van der Waals surface area contributed by atoms with Crippen molar-refractivity contribution in [3.8, 4) is 0 Å². The molecule has 0 unspecified atom stereocenters. The standard InChI is InChI=1S/C16H13FN2O4/c17-12-7-5-11(6-8-12)15(20)9-10-16(21)18-13-3-1-2-4-14(13)19(22)23/h1-8H,9-10H2,(H,18,21). The van der Waals surface area contributed by atoms with Gasteiger partial charge in [-0.15, -0.1) is 0 Å². The molecule has 0 atom stereocenters. The molecule has 7 heteroatoms. The first-order valence-corrected chi connectivity index (χ1v) is 6.79. The van der Waals surface area contributed by atoms with Crippen molar-refractivity contribution in [1.29, 1.82) is 0 Å². The Morgan fingerprint density at radius 3 is 2.35 bits per heavy atom. The average Bonchev–Trinajstić information content (AvgIpc) is 2.53. The molecule has 0 aromatic heterocycles. The van der Waals surface area contributed by atoms with Gasteiger partial charge < -0.3 is 5.32 Å². The van der Waals surface area contributed by atoms with Gasteiger partial charge in [-0.3, -0.25) is 19.7 Å². The van der Waals surface area contributed by atoms with Crippen molar-refractivity contribution in [2.75, 3.05) is 5.32 Å². The Labute approximate surface area is 131 Å². The molecule has 0 fully saturated rings. The van der Waals surface area contributed by atoms with Gasteiger partial charge in [0.1, 0.15) is 11.5 Å². The second-order valence-electron chi connectivity index (χ2n) is 4.75. The molecule has 0 saturated heterocycles. The van der Waals surface area contributed by atoms with Crippen LogP contribution >= 0.6 is 0 Å². The molecule has 0 bridgehead atoms. The van der Waals surface area contributed by atoms with Crippen LogP contribution in [0.2, 0.25) is 0 Å². The molecule has 0 aliphatic rings. The number of benzene rings is 2. The van der Waals surface area contributed by atoms with E-state index in [9.17, 15) is 24.1 Å². The lowest BCUT2D eigenvalue weighted by atomic mass is 10.1. The van der Waals surface area contributed by atoms with Crippen molar-refractivity contribution in [3.63, 3.8) is 0 Å². The van der Waals surface area contributed by atoms with Crippen molar-refractivity contribution < 1.29 is 18.9 Å². The minimum absolute atomic E-state index is 0.0713. The van der Waals surface area contributed by atoms with E-state index in [0.29, 0.717) is 5.56 Å². The summed E-state index contributed by atoms with van der Waals surface area (Å²) in [5.74, 6) is -1.26. The number of nitrogens with one attached hydrogen (secondary N) is 1. The molecular formula is C16H13FN2O4. The van der Waals surface area contributed by atoms with E-state index < -0.39 is 16.6 Å². The summed E-state index contributed by atoms with van der Waals surface area (Å²) in [6, 6.07) is 10.8. The average molecular weight is 316 g/mol. The Morgan fingerprint density at radius 2 is 1.70 bits per heavy atom. The van der Waals surface area contributed by atoms with E-state index in [4.69, 9.17) is 0 Å². The number of nitro benzene ring substituents is 1. The lowest BCUT2D eigenvalue weighted by Crippen LogP contribution is -2.14. The second kappa shape index (κ2) is 7.26. The van der Waals surface area contributed by atoms with Crippen LogP contribution in [0.25, 0.3) is 0 Å².